The van der Waals surface area contributed by atoms with Crippen molar-refractivity contribution in [3.05, 3.63) is 188 Å². The summed E-state index contributed by atoms with van der Waals surface area (Å²) in [5, 5.41) is 35.5. The molecule has 0 amide bonds. The van der Waals surface area contributed by atoms with Gasteiger partial charge in [0.05, 0.1) is 0 Å². The summed E-state index contributed by atoms with van der Waals surface area (Å²) in [5.74, 6) is 0. The fourth-order valence-corrected chi connectivity index (χ4v) is 8.62. The van der Waals surface area contributed by atoms with Crippen molar-refractivity contribution in [2.45, 2.75) is 11.2 Å². The average molecular weight is 722 g/mol. The number of hydrogen-bond donors (Lipinski definition) is 2. The molecule has 2 unspecified atom stereocenters. The summed E-state index contributed by atoms with van der Waals surface area (Å²) in [6.45, 7) is 0. The summed E-state index contributed by atoms with van der Waals surface area (Å²) in [6, 6.07) is 49.2. The minimum absolute atomic E-state index is 0.637. The summed E-state index contributed by atoms with van der Waals surface area (Å²) in [7, 11) is 0. The second kappa shape index (κ2) is 10.1. The molecular formula is C42H26Br2O2. The highest BCUT2D eigenvalue weighted by molar-refractivity contribution is 9.10. The number of hydrogen-bond acceptors (Lipinski definition) is 2. The minimum atomic E-state index is -1.61. The highest BCUT2D eigenvalue weighted by atomic mass is 79.9. The average Bonchev–Trinajstić information content (AvgIpc) is 3.08. The molecule has 8 aromatic carbocycles. The van der Waals surface area contributed by atoms with Crippen molar-refractivity contribution >= 4 is 74.9 Å². The molecule has 0 fully saturated rings. The molecular weight excluding hydrogens is 696 g/mol. The predicted molar refractivity (Wildman–Crippen MR) is 195 cm³/mol. The minimum Gasteiger partial charge on any atom is -0.376 e. The molecule has 9 rings (SSSR count). The maximum absolute atomic E-state index is 13.7. The lowest BCUT2D eigenvalue weighted by Crippen LogP contribution is -2.44. The van der Waals surface area contributed by atoms with E-state index in [-0.39, 0.29) is 0 Å². The molecule has 1 aliphatic carbocycles. The van der Waals surface area contributed by atoms with E-state index in [2.05, 4.69) is 92.5 Å². The smallest absolute Gasteiger partial charge is 0.142 e. The van der Waals surface area contributed by atoms with Crippen LogP contribution in [-0.4, -0.2) is 10.2 Å². The van der Waals surface area contributed by atoms with Crippen LogP contribution in [0.25, 0.3) is 43.1 Å². The van der Waals surface area contributed by atoms with Crippen LogP contribution in [0, 0.1) is 0 Å². The van der Waals surface area contributed by atoms with Crippen LogP contribution in [0.3, 0.4) is 0 Å². The molecule has 0 radical (unpaired) electrons. The first-order valence-corrected chi connectivity index (χ1v) is 16.9. The SMILES string of the molecule is OC1(c2c3ccccc3cc3ccccc23)c2ccc(Br)cc2C(O)(c2c3ccccc3cc3ccccc23)c2ccc(Br)cc21. The Morgan fingerprint density at radius 3 is 0.978 bits per heavy atom. The first-order chi connectivity index (χ1) is 22.4. The third-order valence-electron chi connectivity index (χ3n) is 9.79. The van der Waals surface area contributed by atoms with Crippen molar-refractivity contribution in [3.8, 4) is 0 Å². The van der Waals surface area contributed by atoms with E-state index in [9.17, 15) is 10.2 Å². The van der Waals surface area contributed by atoms with E-state index in [0.717, 1.165) is 63.2 Å². The van der Waals surface area contributed by atoms with Crippen LogP contribution in [-0.2, 0) is 11.2 Å². The van der Waals surface area contributed by atoms with E-state index in [0.29, 0.717) is 22.3 Å². The number of benzene rings is 8. The van der Waals surface area contributed by atoms with Crippen LogP contribution >= 0.6 is 31.9 Å². The Bertz CT molecular complexity index is 2270. The number of rotatable bonds is 2. The lowest BCUT2D eigenvalue weighted by molar-refractivity contribution is 0.0777. The zero-order valence-corrected chi connectivity index (χ0v) is 27.7. The van der Waals surface area contributed by atoms with Crippen LogP contribution in [0.1, 0.15) is 33.4 Å². The Morgan fingerprint density at radius 2 is 0.652 bits per heavy atom. The summed E-state index contributed by atoms with van der Waals surface area (Å²) >= 11 is 7.48. The van der Waals surface area contributed by atoms with Gasteiger partial charge < -0.3 is 10.2 Å². The molecule has 220 valence electrons. The first kappa shape index (κ1) is 27.9. The summed E-state index contributed by atoms with van der Waals surface area (Å²) in [4.78, 5) is 0. The van der Waals surface area contributed by atoms with Gasteiger partial charge in [-0.25, -0.2) is 0 Å². The van der Waals surface area contributed by atoms with Crippen molar-refractivity contribution in [3.63, 3.8) is 0 Å². The van der Waals surface area contributed by atoms with Crippen molar-refractivity contribution in [1.82, 2.24) is 0 Å². The molecule has 0 bridgehead atoms. The molecule has 0 aromatic heterocycles. The molecule has 2 atom stereocenters. The molecule has 0 saturated heterocycles. The van der Waals surface area contributed by atoms with Crippen LogP contribution in [0.5, 0.6) is 0 Å². The maximum Gasteiger partial charge on any atom is 0.142 e. The van der Waals surface area contributed by atoms with E-state index in [1.54, 1.807) is 0 Å². The Balaban J connectivity index is 1.51. The van der Waals surface area contributed by atoms with Crippen LogP contribution in [0.15, 0.2) is 155 Å². The van der Waals surface area contributed by atoms with Crippen LogP contribution in [0.4, 0.5) is 0 Å². The molecule has 46 heavy (non-hydrogen) atoms. The maximum atomic E-state index is 13.7. The van der Waals surface area contributed by atoms with Gasteiger partial charge in [0.25, 0.3) is 0 Å². The van der Waals surface area contributed by atoms with Gasteiger partial charge in [-0.3, -0.25) is 0 Å². The molecule has 4 heteroatoms. The quantitative estimate of drug-likeness (QED) is 0.175. The largest absolute Gasteiger partial charge is 0.376 e. The van der Waals surface area contributed by atoms with Gasteiger partial charge in [0.2, 0.25) is 0 Å². The first-order valence-electron chi connectivity index (χ1n) is 15.3. The third kappa shape index (κ3) is 3.76. The van der Waals surface area contributed by atoms with E-state index >= 15 is 0 Å². The Hall–Kier alpha value is -4.32. The van der Waals surface area contributed by atoms with Crippen molar-refractivity contribution < 1.29 is 10.2 Å². The number of aliphatic hydroxyl groups is 2. The van der Waals surface area contributed by atoms with Crippen molar-refractivity contribution in [2.24, 2.45) is 0 Å². The molecule has 0 aliphatic heterocycles. The van der Waals surface area contributed by atoms with Gasteiger partial charge in [-0.15, -0.1) is 0 Å². The summed E-state index contributed by atoms with van der Waals surface area (Å²) in [5.41, 5.74) is 0.938. The van der Waals surface area contributed by atoms with Gasteiger partial charge in [-0.1, -0.05) is 141 Å². The van der Waals surface area contributed by atoms with Crippen molar-refractivity contribution in [1.29, 1.82) is 0 Å². The highest BCUT2D eigenvalue weighted by Gasteiger charge is 2.53. The highest BCUT2D eigenvalue weighted by Crippen LogP contribution is 2.57. The van der Waals surface area contributed by atoms with Gasteiger partial charge in [0.15, 0.2) is 0 Å². The van der Waals surface area contributed by atoms with E-state index in [1.807, 2.05) is 84.9 Å². The Kier molecular flexibility index (Phi) is 6.13. The Morgan fingerprint density at radius 1 is 0.348 bits per heavy atom. The third-order valence-corrected chi connectivity index (χ3v) is 10.8. The van der Waals surface area contributed by atoms with Gasteiger partial charge in [0.1, 0.15) is 11.2 Å². The molecule has 0 heterocycles. The van der Waals surface area contributed by atoms with Crippen molar-refractivity contribution in [2.75, 3.05) is 0 Å². The second-order valence-corrected chi connectivity index (χ2v) is 14.0. The molecule has 1 aliphatic rings. The zero-order valence-electron chi connectivity index (χ0n) is 24.5. The predicted octanol–water partition coefficient (Wildman–Crippen LogP) is 10.7. The van der Waals surface area contributed by atoms with E-state index in [1.165, 1.54) is 0 Å². The summed E-state index contributed by atoms with van der Waals surface area (Å²) in [6.07, 6.45) is 0. The van der Waals surface area contributed by atoms with Crippen LogP contribution in [0.2, 0.25) is 0 Å². The van der Waals surface area contributed by atoms with Gasteiger partial charge in [0, 0.05) is 31.2 Å². The van der Waals surface area contributed by atoms with Crippen LogP contribution < -0.4 is 0 Å². The normalized spacial score (nSPS) is 19.0. The van der Waals surface area contributed by atoms with Gasteiger partial charge >= 0.3 is 0 Å². The second-order valence-electron chi connectivity index (χ2n) is 12.2. The zero-order chi connectivity index (χ0) is 31.2. The molecule has 0 saturated carbocycles. The molecule has 8 aromatic rings. The Labute approximate surface area is 282 Å². The molecule has 0 spiro atoms. The molecule has 2 nitrogen and oxygen atoms in total. The van der Waals surface area contributed by atoms with Gasteiger partial charge in [-0.2, -0.15) is 0 Å². The van der Waals surface area contributed by atoms with E-state index in [4.69, 9.17) is 0 Å². The number of fused-ring (bicyclic) bond motifs is 6. The summed E-state index contributed by atoms with van der Waals surface area (Å²) < 4.78 is 1.64. The standard InChI is InChI=1S/C42H26Br2O2/c43-29-18-20-36-37(23-29)41(45,39-31-13-5-1-9-25(31)21-26-10-2-6-14-32(26)39)35-19-17-30(44)24-38(35)42(36,46)40-33-15-7-3-11-27(33)22-28-12-4-8-16-34(28)40/h1-24,45-46H. The number of halogens is 2. The monoisotopic (exact) mass is 720 g/mol. The van der Waals surface area contributed by atoms with E-state index < -0.39 is 11.2 Å². The fourth-order valence-electron chi connectivity index (χ4n) is 7.90. The van der Waals surface area contributed by atoms with Gasteiger partial charge in [-0.05, 0) is 90.6 Å². The lowest BCUT2D eigenvalue weighted by Gasteiger charge is -2.46. The molecule has 2 N–H and O–H groups in total. The topological polar surface area (TPSA) is 40.5 Å². The fraction of sp³-hybridized carbons (Fsp3) is 0.0476. The lowest BCUT2D eigenvalue weighted by atomic mass is 9.61.